The fourth-order valence-corrected chi connectivity index (χ4v) is 4.63. The van der Waals surface area contributed by atoms with Crippen LogP contribution in [0.2, 0.25) is 0 Å². The number of carbonyl (C=O) groups is 3. The second-order valence-electron chi connectivity index (χ2n) is 8.22. The summed E-state index contributed by atoms with van der Waals surface area (Å²) in [4.78, 5) is 43.3. The van der Waals surface area contributed by atoms with Crippen molar-refractivity contribution in [2.45, 2.75) is 44.8 Å². The average Bonchev–Trinajstić information content (AvgIpc) is 2.76. The Morgan fingerprint density at radius 1 is 1.12 bits per heavy atom. The maximum absolute atomic E-state index is 12.8. The second kappa shape index (κ2) is 11.3. The Bertz CT molecular complexity index is 1000. The minimum absolute atomic E-state index is 0.0352. The monoisotopic (exact) mass is 472 g/mol. The highest BCUT2D eigenvalue weighted by atomic mass is 32.2. The summed E-state index contributed by atoms with van der Waals surface area (Å²) in [6.07, 6.45) is 3.26. The zero-order chi connectivity index (χ0) is 24.0. The molecule has 1 saturated heterocycles. The van der Waals surface area contributed by atoms with Crippen LogP contribution in [0, 0.1) is 5.92 Å². The van der Waals surface area contributed by atoms with Gasteiger partial charge in [-0.05, 0) is 48.2 Å². The van der Waals surface area contributed by atoms with E-state index in [1.54, 1.807) is 19.3 Å². The minimum Gasteiger partial charge on any atom is -0.504 e. The first-order valence-electron chi connectivity index (χ1n) is 10.8. The maximum Gasteiger partial charge on any atom is 0.226 e. The van der Waals surface area contributed by atoms with Gasteiger partial charge in [0.2, 0.25) is 11.0 Å². The lowest BCUT2D eigenvalue weighted by molar-refractivity contribution is -0.148. The fraction of sp³-hybridized carbons (Fsp3) is 0.417. The number of benzene rings is 1. The normalized spacial score (nSPS) is 17.2. The van der Waals surface area contributed by atoms with Gasteiger partial charge in [0.1, 0.15) is 12.1 Å². The summed E-state index contributed by atoms with van der Waals surface area (Å²) in [6.45, 7) is 2.10. The minimum atomic E-state index is -1.33. The van der Waals surface area contributed by atoms with E-state index in [9.17, 15) is 29.7 Å². The summed E-state index contributed by atoms with van der Waals surface area (Å²) >= 11 is 1.21. The Morgan fingerprint density at radius 3 is 2.48 bits per heavy atom. The van der Waals surface area contributed by atoms with E-state index < -0.39 is 23.8 Å². The standard InChI is InChI=1S/C24H28N2O6S/c1-15(12-20(28)22(30)14-17-2-3-19(27)21(29)13-17)23(31)26-10-6-18(26)24(32)33-11-7-16-4-8-25-9-5-16/h2-5,8-9,13,15,18,22,27,29-30H,6-7,10-12,14H2,1H3. The molecule has 3 atom stereocenters. The fourth-order valence-electron chi connectivity index (χ4n) is 3.65. The molecule has 2 heterocycles. The summed E-state index contributed by atoms with van der Waals surface area (Å²) in [5, 5.41) is 29.1. The summed E-state index contributed by atoms with van der Waals surface area (Å²) in [7, 11) is 0. The molecule has 1 amide bonds. The molecule has 0 bridgehead atoms. The first-order valence-corrected chi connectivity index (χ1v) is 11.8. The van der Waals surface area contributed by atoms with E-state index in [2.05, 4.69) is 4.98 Å². The highest BCUT2D eigenvalue weighted by Crippen LogP contribution is 2.28. The summed E-state index contributed by atoms with van der Waals surface area (Å²) in [5.41, 5.74) is 1.59. The number of aromatic hydroxyl groups is 2. The molecular weight excluding hydrogens is 444 g/mol. The SMILES string of the molecule is CC(CC(=O)C(O)Cc1ccc(O)c(O)c1)C(=O)N1CCC1C(=O)SCCc1ccncc1. The molecule has 2 aromatic rings. The predicted molar refractivity (Wildman–Crippen MR) is 124 cm³/mol. The van der Waals surface area contributed by atoms with Crippen LogP contribution in [0.1, 0.15) is 30.9 Å². The van der Waals surface area contributed by atoms with E-state index in [1.165, 1.54) is 34.9 Å². The molecule has 176 valence electrons. The number of aromatic nitrogens is 1. The van der Waals surface area contributed by atoms with Crippen molar-refractivity contribution >= 4 is 28.6 Å². The Balaban J connectivity index is 1.45. The molecule has 1 aromatic heterocycles. The number of hydrogen-bond acceptors (Lipinski definition) is 8. The number of likely N-dealkylation sites (tertiary alicyclic amines) is 1. The molecular formula is C24H28N2O6S. The smallest absolute Gasteiger partial charge is 0.226 e. The molecule has 3 N–H and O–H groups in total. The highest BCUT2D eigenvalue weighted by molar-refractivity contribution is 8.13. The third-order valence-electron chi connectivity index (χ3n) is 5.73. The van der Waals surface area contributed by atoms with Crippen LogP contribution in [0.4, 0.5) is 0 Å². The van der Waals surface area contributed by atoms with Crippen LogP contribution in [0.5, 0.6) is 11.5 Å². The third-order valence-corrected chi connectivity index (χ3v) is 6.69. The van der Waals surface area contributed by atoms with Crippen LogP contribution in [0.15, 0.2) is 42.7 Å². The quantitative estimate of drug-likeness (QED) is 0.449. The zero-order valence-electron chi connectivity index (χ0n) is 18.4. The molecule has 1 aliphatic rings. The lowest BCUT2D eigenvalue weighted by Crippen LogP contribution is -2.56. The topological polar surface area (TPSA) is 128 Å². The van der Waals surface area contributed by atoms with Gasteiger partial charge in [0.05, 0.1) is 0 Å². The number of nitrogens with zero attached hydrogens (tertiary/aromatic N) is 2. The van der Waals surface area contributed by atoms with E-state index in [0.717, 1.165) is 12.0 Å². The lowest BCUT2D eigenvalue weighted by atomic mass is 9.94. The Labute approximate surface area is 196 Å². The molecule has 1 aromatic carbocycles. The van der Waals surface area contributed by atoms with Crippen LogP contribution >= 0.6 is 11.8 Å². The number of hydrogen-bond donors (Lipinski definition) is 3. The molecule has 0 aliphatic carbocycles. The van der Waals surface area contributed by atoms with Gasteiger partial charge in [-0.25, -0.2) is 0 Å². The van der Waals surface area contributed by atoms with Crippen molar-refractivity contribution in [3.8, 4) is 11.5 Å². The summed E-state index contributed by atoms with van der Waals surface area (Å²) in [6, 6.07) is 7.40. The number of aliphatic hydroxyl groups is 1. The van der Waals surface area contributed by atoms with Gasteiger partial charge in [0.15, 0.2) is 17.3 Å². The summed E-state index contributed by atoms with van der Waals surface area (Å²) in [5.74, 6) is -1.40. The van der Waals surface area contributed by atoms with Crippen LogP contribution in [0.25, 0.3) is 0 Å². The van der Waals surface area contributed by atoms with Crippen molar-refractivity contribution < 1.29 is 29.7 Å². The van der Waals surface area contributed by atoms with Crippen molar-refractivity contribution in [2.75, 3.05) is 12.3 Å². The Morgan fingerprint density at radius 2 is 1.85 bits per heavy atom. The van der Waals surface area contributed by atoms with Crippen molar-refractivity contribution in [1.82, 2.24) is 9.88 Å². The van der Waals surface area contributed by atoms with Gasteiger partial charge in [0, 0.05) is 43.5 Å². The van der Waals surface area contributed by atoms with Crippen LogP contribution in [0.3, 0.4) is 0 Å². The van der Waals surface area contributed by atoms with Crippen molar-refractivity contribution in [3.63, 3.8) is 0 Å². The number of rotatable bonds is 10. The van der Waals surface area contributed by atoms with E-state index in [-0.39, 0.29) is 35.4 Å². The highest BCUT2D eigenvalue weighted by Gasteiger charge is 2.39. The van der Waals surface area contributed by atoms with Gasteiger partial charge in [-0.1, -0.05) is 24.8 Å². The average molecular weight is 473 g/mol. The van der Waals surface area contributed by atoms with Crippen molar-refractivity contribution in [3.05, 3.63) is 53.9 Å². The molecule has 0 radical (unpaired) electrons. The van der Waals surface area contributed by atoms with Crippen molar-refractivity contribution in [1.29, 1.82) is 0 Å². The second-order valence-corrected chi connectivity index (χ2v) is 9.32. The van der Waals surface area contributed by atoms with Crippen LogP contribution in [-0.4, -0.2) is 66.5 Å². The van der Waals surface area contributed by atoms with Gasteiger partial charge in [-0.3, -0.25) is 19.4 Å². The number of aliphatic hydroxyl groups excluding tert-OH is 1. The van der Waals surface area contributed by atoms with Gasteiger partial charge in [-0.2, -0.15) is 0 Å². The molecule has 9 heteroatoms. The Kier molecular flexibility index (Phi) is 8.46. The first kappa shape index (κ1) is 24.7. The number of phenols is 2. The van der Waals surface area contributed by atoms with E-state index >= 15 is 0 Å². The number of aryl methyl sites for hydroxylation is 1. The number of pyridine rings is 1. The number of Topliss-reactive ketones (excluding diaryl/α,β-unsaturated/α-hetero) is 1. The number of carbonyl (C=O) groups excluding carboxylic acids is 3. The molecule has 0 saturated carbocycles. The number of ketones is 1. The molecule has 0 spiro atoms. The van der Waals surface area contributed by atoms with E-state index in [1.807, 2.05) is 12.1 Å². The van der Waals surface area contributed by atoms with Gasteiger partial charge in [0.25, 0.3) is 0 Å². The predicted octanol–water partition coefficient (Wildman–Crippen LogP) is 2.09. The number of amides is 1. The lowest BCUT2D eigenvalue weighted by Gasteiger charge is -2.41. The van der Waals surface area contributed by atoms with E-state index in [0.29, 0.717) is 24.3 Å². The van der Waals surface area contributed by atoms with Crippen LogP contribution in [-0.2, 0) is 27.2 Å². The summed E-state index contributed by atoms with van der Waals surface area (Å²) < 4.78 is 0. The molecule has 3 unspecified atom stereocenters. The number of phenolic OH excluding ortho intramolecular Hbond substituents is 2. The third kappa shape index (κ3) is 6.55. The van der Waals surface area contributed by atoms with Gasteiger partial charge >= 0.3 is 0 Å². The van der Waals surface area contributed by atoms with Gasteiger partial charge in [-0.15, -0.1) is 0 Å². The molecule has 33 heavy (non-hydrogen) atoms. The van der Waals surface area contributed by atoms with Gasteiger partial charge < -0.3 is 20.2 Å². The van der Waals surface area contributed by atoms with E-state index in [4.69, 9.17) is 0 Å². The largest absolute Gasteiger partial charge is 0.504 e. The molecule has 3 rings (SSSR count). The molecule has 8 nitrogen and oxygen atoms in total. The molecule has 1 fully saturated rings. The zero-order valence-corrected chi connectivity index (χ0v) is 19.2. The van der Waals surface area contributed by atoms with Crippen LogP contribution < -0.4 is 0 Å². The Hall–Kier alpha value is -2.91. The molecule has 1 aliphatic heterocycles. The maximum atomic E-state index is 12.8. The van der Waals surface area contributed by atoms with Crippen molar-refractivity contribution in [2.24, 2.45) is 5.92 Å². The first-order chi connectivity index (χ1) is 15.8. The number of thioether (sulfide) groups is 1.